The first-order valence-corrected chi connectivity index (χ1v) is 9.80. The van der Waals surface area contributed by atoms with Crippen LogP contribution < -0.4 is 10.5 Å². The Bertz CT molecular complexity index is 1170. The van der Waals surface area contributed by atoms with Crippen molar-refractivity contribution in [2.75, 3.05) is 18.0 Å². The van der Waals surface area contributed by atoms with Gasteiger partial charge in [-0.3, -0.25) is 4.79 Å². The molecular weight excluding hydrogens is 366 g/mol. The minimum Gasteiger partial charge on any atom is -0.356 e. The summed E-state index contributed by atoms with van der Waals surface area (Å²) < 4.78 is 3.11. The zero-order valence-electron chi connectivity index (χ0n) is 15.9. The fourth-order valence-electron chi connectivity index (χ4n) is 3.95. The minimum absolute atomic E-state index is 0.0907. The van der Waals surface area contributed by atoms with Crippen molar-refractivity contribution in [2.45, 2.75) is 19.4 Å². The molecular formula is C21H21N7O. The molecule has 3 aromatic heterocycles. The Morgan fingerprint density at radius 2 is 1.90 bits per heavy atom. The van der Waals surface area contributed by atoms with Crippen molar-refractivity contribution in [3.05, 3.63) is 71.7 Å². The molecule has 5 rings (SSSR count). The predicted octanol–water partition coefficient (Wildman–Crippen LogP) is 2.29. The number of hydrogen-bond acceptors (Lipinski definition) is 6. The lowest BCUT2D eigenvalue weighted by Crippen LogP contribution is -2.37. The first-order valence-electron chi connectivity index (χ1n) is 9.80. The van der Waals surface area contributed by atoms with Crippen LogP contribution in [0.1, 0.15) is 12.8 Å². The Balaban J connectivity index is 1.30. The Hall–Kier alpha value is -3.55. The van der Waals surface area contributed by atoms with Crippen LogP contribution in [0.4, 0.5) is 5.82 Å². The number of hydrogen-bond donors (Lipinski definition) is 0. The second-order valence-electron chi connectivity index (χ2n) is 7.34. The molecule has 1 aromatic carbocycles. The smallest absolute Gasteiger partial charge is 0.266 e. The van der Waals surface area contributed by atoms with E-state index in [2.05, 4.69) is 49.3 Å². The van der Waals surface area contributed by atoms with Crippen LogP contribution in [0.3, 0.4) is 0 Å². The van der Waals surface area contributed by atoms with Gasteiger partial charge in [-0.15, -0.1) is 5.10 Å². The third-order valence-corrected chi connectivity index (χ3v) is 5.50. The lowest BCUT2D eigenvalue weighted by molar-refractivity contribution is 0.334. The zero-order valence-corrected chi connectivity index (χ0v) is 15.9. The molecule has 0 bridgehead atoms. The standard InChI is InChI=1S/C21H21N7O/c29-20-6-5-19(28-15-22-14-24-28)25-27(20)13-16-8-11-26(12-9-16)21-18-4-2-1-3-17(18)7-10-23-21/h1-7,10,14-16H,8-9,11-13H2. The Labute approximate surface area is 167 Å². The zero-order chi connectivity index (χ0) is 19.6. The highest BCUT2D eigenvalue weighted by molar-refractivity contribution is 5.92. The minimum atomic E-state index is -0.0907. The normalized spacial score (nSPS) is 15.1. The summed E-state index contributed by atoms with van der Waals surface area (Å²) in [6.07, 6.45) is 6.89. The second-order valence-corrected chi connectivity index (χ2v) is 7.34. The molecule has 4 aromatic rings. The fourth-order valence-corrected chi connectivity index (χ4v) is 3.95. The number of anilines is 1. The van der Waals surface area contributed by atoms with E-state index in [-0.39, 0.29) is 5.56 Å². The third-order valence-electron chi connectivity index (χ3n) is 5.50. The topological polar surface area (TPSA) is 81.7 Å². The monoisotopic (exact) mass is 387 g/mol. The maximum Gasteiger partial charge on any atom is 0.266 e. The van der Waals surface area contributed by atoms with Crippen LogP contribution in [-0.4, -0.2) is 42.6 Å². The van der Waals surface area contributed by atoms with E-state index < -0.39 is 0 Å². The summed E-state index contributed by atoms with van der Waals surface area (Å²) in [6, 6.07) is 13.6. The van der Waals surface area contributed by atoms with Gasteiger partial charge in [-0.1, -0.05) is 24.3 Å². The van der Waals surface area contributed by atoms with Gasteiger partial charge in [0.15, 0.2) is 5.82 Å². The quantitative estimate of drug-likeness (QED) is 0.534. The molecule has 8 heteroatoms. The van der Waals surface area contributed by atoms with Gasteiger partial charge in [0, 0.05) is 37.3 Å². The van der Waals surface area contributed by atoms with Gasteiger partial charge in [0.2, 0.25) is 0 Å². The molecule has 1 saturated heterocycles. The molecule has 0 saturated carbocycles. The molecule has 146 valence electrons. The highest BCUT2D eigenvalue weighted by Crippen LogP contribution is 2.28. The van der Waals surface area contributed by atoms with Crippen molar-refractivity contribution in [1.29, 1.82) is 0 Å². The van der Waals surface area contributed by atoms with E-state index >= 15 is 0 Å². The van der Waals surface area contributed by atoms with Gasteiger partial charge in [-0.25, -0.2) is 19.3 Å². The highest BCUT2D eigenvalue weighted by Gasteiger charge is 2.22. The van der Waals surface area contributed by atoms with E-state index in [1.54, 1.807) is 27.8 Å². The van der Waals surface area contributed by atoms with E-state index in [0.29, 0.717) is 18.3 Å². The van der Waals surface area contributed by atoms with Crippen molar-refractivity contribution in [1.82, 2.24) is 29.5 Å². The highest BCUT2D eigenvalue weighted by atomic mass is 16.1. The first-order chi connectivity index (χ1) is 14.3. The molecule has 4 heterocycles. The van der Waals surface area contributed by atoms with Crippen LogP contribution in [0.5, 0.6) is 0 Å². The van der Waals surface area contributed by atoms with Crippen molar-refractivity contribution in [2.24, 2.45) is 5.92 Å². The maximum absolute atomic E-state index is 12.3. The molecule has 1 aliphatic heterocycles. The number of piperidine rings is 1. The van der Waals surface area contributed by atoms with Crippen LogP contribution in [-0.2, 0) is 6.54 Å². The molecule has 0 aliphatic carbocycles. The lowest BCUT2D eigenvalue weighted by Gasteiger charge is -2.33. The van der Waals surface area contributed by atoms with Gasteiger partial charge in [-0.2, -0.15) is 5.10 Å². The molecule has 0 radical (unpaired) electrons. The third kappa shape index (κ3) is 3.49. The number of fused-ring (bicyclic) bond motifs is 1. The second kappa shape index (κ2) is 7.46. The lowest BCUT2D eigenvalue weighted by atomic mass is 9.96. The first kappa shape index (κ1) is 17.5. The Kier molecular flexibility index (Phi) is 4.51. The van der Waals surface area contributed by atoms with E-state index in [1.807, 2.05) is 12.3 Å². The van der Waals surface area contributed by atoms with Crippen LogP contribution in [0, 0.1) is 5.92 Å². The van der Waals surface area contributed by atoms with E-state index in [0.717, 1.165) is 31.7 Å². The fraction of sp³-hybridized carbons (Fsp3) is 0.286. The number of aromatic nitrogens is 6. The number of nitrogens with zero attached hydrogens (tertiary/aromatic N) is 7. The van der Waals surface area contributed by atoms with Gasteiger partial charge in [0.1, 0.15) is 18.5 Å². The van der Waals surface area contributed by atoms with Crippen LogP contribution in [0.15, 0.2) is 66.1 Å². The van der Waals surface area contributed by atoms with E-state index in [4.69, 9.17) is 0 Å². The maximum atomic E-state index is 12.3. The van der Waals surface area contributed by atoms with E-state index in [1.165, 1.54) is 17.1 Å². The summed E-state index contributed by atoms with van der Waals surface area (Å²) in [5, 5.41) is 10.9. The molecule has 0 atom stereocenters. The summed E-state index contributed by atoms with van der Waals surface area (Å²) >= 11 is 0. The van der Waals surface area contributed by atoms with Gasteiger partial charge in [0.05, 0.1) is 0 Å². The van der Waals surface area contributed by atoms with Crippen molar-refractivity contribution in [3.63, 3.8) is 0 Å². The average Bonchev–Trinajstić information content (AvgIpc) is 3.30. The molecule has 0 N–H and O–H groups in total. The molecule has 8 nitrogen and oxygen atoms in total. The predicted molar refractivity (Wildman–Crippen MR) is 110 cm³/mol. The molecule has 0 spiro atoms. The molecule has 1 aliphatic rings. The number of pyridine rings is 1. The molecule has 29 heavy (non-hydrogen) atoms. The SMILES string of the molecule is O=c1ccc(-n2cncn2)nn1CC1CCN(c2nccc3ccccc23)CC1. The summed E-state index contributed by atoms with van der Waals surface area (Å²) in [7, 11) is 0. The average molecular weight is 387 g/mol. The number of rotatable bonds is 4. The Morgan fingerprint density at radius 3 is 2.72 bits per heavy atom. The van der Waals surface area contributed by atoms with Gasteiger partial charge in [0.25, 0.3) is 5.56 Å². The van der Waals surface area contributed by atoms with Crippen molar-refractivity contribution < 1.29 is 0 Å². The molecule has 0 unspecified atom stereocenters. The van der Waals surface area contributed by atoms with Gasteiger partial charge in [-0.05, 0) is 36.3 Å². The van der Waals surface area contributed by atoms with Gasteiger partial charge >= 0.3 is 0 Å². The largest absolute Gasteiger partial charge is 0.356 e. The van der Waals surface area contributed by atoms with Crippen molar-refractivity contribution in [3.8, 4) is 5.82 Å². The summed E-state index contributed by atoms with van der Waals surface area (Å²) in [4.78, 5) is 23.2. The molecule has 1 fully saturated rings. The van der Waals surface area contributed by atoms with Crippen LogP contribution >= 0.6 is 0 Å². The Morgan fingerprint density at radius 1 is 1.03 bits per heavy atom. The molecule has 0 amide bonds. The number of benzene rings is 1. The van der Waals surface area contributed by atoms with Crippen LogP contribution in [0.2, 0.25) is 0 Å². The summed E-state index contributed by atoms with van der Waals surface area (Å²) in [5.74, 6) is 2.04. The van der Waals surface area contributed by atoms with E-state index in [9.17, 15) is 4.79 Å². The van der Waals surface area contributed by atoms with Crippen molar-refractivity contribution >= 4 is 16.6 Å². The van der Waals surface area contributed by atoms with Gasteiger partial charge < -0.3 is 4.90 Å². The summed E-state index contributed by atoms with van der Waals surface area (Å²) in [6.45, 7) is 2.45. The summed E-state index contributed by atoms with van der Waals surface area (Å²) in [5.41, 5.74) is -0.0907. The van der Waals surface area contributed by atoms with Crippen LogP contribution in [0.25, 0.3) is 16.6 Å².